The van der Waals surface area contributed by atoms with Crippen molar-refractivity contribution in [2.45, 2.75) is 40.0 Å². The highest BCUT2D eigenvalue weighted by molar-refractivity contribution is 5.83. The first-order valence-electron chi connectivity index (χ1n) is 12.1. The van der Waals surface area contributed by atoms with Crippen molar-refractivity contribution < 1.29 is 23.8 Å². The van der Waals surface area contributed by atoms with Gasteiger partial charge in [0.2, 0.25) is 0 Å². The van der Waals surface area contributed by atoms with Crippen LogP contribution in [0, 0.1) is 18.2 Å². The van der Waals surface area contributed by atoms with Gasteiger partial charge in [0.1, 0.15) is 30.5 Å². The Balaban J connectivity index is 1.51. The first-order valence-corrected chi connectivity index (χ1v) is 12.1. The molecule has 0 radical (unpaired) electrons. The van der Waals surface area contributed by atoms with Crippen LogP contribution in [0.4, 0.5) is 10.1 Å². The second kappa shape index (κ2) is 10.9. The van der Waals surface area contributed by atoms with Crippen LogP contribution in [-0.4, -0.2) is 47.3 Å². The number of rotatable bonds is 9. The zero-order chi connectivity index (χ0) is 25.7. The number of carboxylic acids is 1. The van der Waals surface area contributed by atoms with E-state index >= 15 is 0 Å². The lowest BCUT2D eigenvalue weighted by atomic mass is 9.82. The van der Waals surface area contributed by atoms with Gasteiger partial charge in [-0.3, -0.25) is 14.8 Å². The third-order valence-corrected chi connectivity index (χ3v) is 6.56. The lowest BCUT2D eigenvalue weighted by molar-refractivity contribution is -0.136. The summed E-state index contributed by atoms with van der Waals surface area (Å²) < 4.78 is 24.5. The molecule has 1 fully saturated rings. The minimum Gasteiger partial charge on any atom is -0.490 e. The molecule has 1 aliphatic heterocycles. The maximum Gasteiger partial charge on any atom is 0.307 e. The molecule has 0 saturated carbocycles. The Bertz CT molecular complexity index is 1200. The molecule has 0 aliphatic carbocycles. The highest BCUT2D eigenvalue weighted by Gasteiger charge is 2.29. The topological polar surface area (TPSA) is 84.8 Å². The van der Waals surface area contributed by atoms with Crippen LogP contribution < -0.4 is 14.4 Å². The smallest absolute Gasteiger partial charge is 0.307 e. The Kier molecular flexibility index (Phi) is 7.72. The molecule has 0 unspecified atom stereocenters. The zero-order valence-corrected chi connectivity index (χ0v) is 21.0. The number of hydrogen-bond acceptors (Lipinski definition) is 6. The van der Waals surface area contributed by atoms with Crippen molar-refractivity contribution in [1.82, 2.24) is 9.97 Å². The number of halogens is 1. The molecule has 1 saturated heterocycles. The molecule has 0 spiro atoms. The molecule has 190 valence electrons. The van der Waals surface area contributed by atoms with Gasteiger partial charge in [0.15, 0.2) is 0 Å². The summed E-state index contributed by atoms with van der Waals surface area (Å²) in [5, 5.41) is 9.58. The van der Waals surface area contributed by atoms with Crippen molar-refractivity contribution in [1.29, 1.82) is 0 Å². The van der Waals surface area contributed by atoms with Crippen molar-refractivity contribution >= 4 is 11.7 Å². The number of piperidine rings is 1. The van der Waals surface area contributed by atoms with Gasteiger partial charge in [-0.2, -0.15) is 0 Å². The molecule has 1 N–H and O–H groups in total. The number of pyridine rings is 2. The molecule has 36 heavy (non-hydrogen) atoms. The highest BCUT2D eigenvalue weighted by Crippen LogP contribution is 2.39. The minimum atomic E-state index is -0.882. The van der Waals surface area contributed by atoms with Gasteiger partial charge in [0.25, 0.3) is 0 Å². The van der Waals surface area contributed by atoms with E-state index in [9.17, 15) is 14.3 Å². The summed E-state index contributed by atoms with van der Waals surface area (Å²) in [6.07, 6.45) is 5.38. The molecule has 8 heteroatoms. The quantitative estimate of drug-likeness (QED) is 0.405. The van der Waals surface area contributed by atoms with Crippen molar-refractivity contribution in [2.24, 2.45) is 5.41 Å². The Hall–Kier alpha value is -3.68. The number of aryl methyl sites for hydroxylation is 1. The number of ether oxygens (including phenoxy) is 2. The van der Waals surface area contributed by atoms with Crippen LogP contribution in [0.2, 0.25) is 0 Å². The number of anilines is 1. The van der Waals surface area contributed by atoms with Crippen molar-refractivity contribution in [3.8, 4) is 22.8 Å². The monoisotopic (exact) mass is 493 g/mol. The summed E-state index contributed by atoms with van der Waals surface area (Å²) in [6.45, 7) is 8.64. The number of carboxylic acid groups (broad SMARTS) is 1. The predicted octanol–water partition coefficient (Wildman–Crippen LogP) is 5.30. The minimum absolute atomic E-state index is 0.0889. The van der Waals surface area contributed by atoms with Gasteiger partial charge in [-0.25, -0.2) is 4.39 Å². The number of nitrogens with zero attached hydrogens (tertiary/aromatic N) is 3. The van der Waals surface area contributed by atoms with E-state index in [4.69, 9.17) is 9.47 Å². The summed E-state index contributed by atoms with van der Waals surface area (Å²) in [5.41, 5.74) is 4.15. The van der Waals surface area contributed by atoms with Crippen molar-refractivity contribution in [2.75, 3.05) is 31.2 Å². The lowest BCUT2D eigenvalue weighted by Gasteiger charge is -2.40. The first kappa shape index (κ1) is 25.4. The fourth-order valence-corrected chi connectivity index (χ4v) is 4.38. The van der Waals surface area contributed by atoms with Crippen LogP contribution in [-0.2, 0) is 11.2 Å². The molecule has 3 heterocycles. The largest absolute Gasteiger partial charge is 0.490 e. The number of benzene rings is 1. The molecular formula is C28H32FN3O4. The number of carbonyl (C=O) groups is 1. The second-order valence-corrected chi connectivity index (χ2v) is 9.84. The average molecular weight is 494 g/mol. The van der Waals surface area contributed by atoms with E-state index in [2.05, 4.69) is 28.7 Å². The molecule has 1 aromatic carbocycles. The number of hydrogen-bond donors (Lipinski definition) is 1. The molecule has 0 atom stereocenters. The Morgan fingerprint density at radius 1 is 1.06 bits per heavy atom. The first-order chi connectivity index (χ1) is 17.2. The standard InChI is InChI=1S/C28H32FN3O4/c1-19-23(16-26(33)34)27(32-11-9-28(2,3)10-12-32)24(18-30-19)25-8-7-22(17-31-25)36-14-13-35-21-6-4-5-20(29)15-21/h4-8,15,17-18H,9-14,16H2,1-3H3,(H,33,34). The van der Waals surface area contributed by atoms with Gasteiger partial charge in [0.05, 0.1) is 24.0 Å². The van der Waals surface area contributed by atoms with Gasteiger partial charge in [-0.15, -0.1) is 0 Å². The molecule has 4 rings (SSSR count). The summed E-state index contributed by atoms with van der Waals surface area (Å²) in [7, 11) is 0. The maximum absolute atomic E-state index is 13.3. The van der Waals surface area contributed by atoms with Crippen LogP contribution in [0.5, 0.6) is 11.5 Å². The molecule has 7 nitrogen and oxygen atoms in total. The van der Waals surface area contributed by atoms with E-state index in [0.717, 1.165) is 48.4 Å². The third-order valence-electron chi connectivity index (χ3n) is 6.56. The van der Waals surface area contributed by atoms with E-state index in [1.165, 1.54) is 12.1 Å². The van der Waals surface area contributed by atoms with Crippen LogP contribution in [0.3, 0.4) is 0 Å². The highest BCUT2D eigenvalue weighted by atomic mass is 19.1. The number of aromatic nitrogens is 2. The Morgan fingerprint density at radius 2 is 1.78 bits per heavy atom. The summed E-state index contributed by atoms with van der Waals surface area (Å²) in [6, 6.07) is 9.65. The summed E-state index contributed by atoms with van der Waals surface area (Å²) in [4.78, 5) is 23.1. The number of aliphatic carboxylic acids is 1. The van der Waals surface area contributed by atoms with Crippen LogP contribution in [0.1, 0.15) is 37.9 Å². The van der Waals surface area contributed by atoms with E-state index in [1.807, 2.05) is 19.1 Å². The van der Waals surface area contributed by atoms with Crippen LogP contribution in [0.25, 0.3) is 11.3 Å². The average Bonchev–Trinajstić information content (AvgIpc) is 2.84. The zero-order valence-electron chi connectivity index (χ0n) is 21.0. The van der Waals surface area contributed by atoms with Gasteiger partial charge in [0, 0.05) is 42.2 Å². The van der Waals surface area contributed by atoms with Crippen molar-refractivity contribution in [3.63, 3.8) is 0 Å². The Morgan fingerprint density at radius 3 is 2.42 bits per heavy atom. The summed E-state index contributed by atoms with van der Waals surface area (Å²) in [5.74, 6) is -0.204. The third kappa shape index (κ3) is 6.30. The molecule has 0 bridgehead atoms. The van der Waals surface area contributed by atoms with Gasteiger partial charge < -0.3 is 19.5 Å². The molecule has 0 amide bonds. The van der Waals surface area contributed by atoms with E-state index in [0.29, 0.717) is 17.2 Å². The van der Waals surface area contributed by atoms with Crippen LogP contribution >= 0.6 is 0 Å². The van der Waals surface area contributed by atoms with Gasteiger partial charge >= 0.3 is 5.97 Å². The maximum atomic E-state index is 13.3. The van der Waals surface area contributed by atoms with Crippen LogP contribution in [0.15, 0.2) is 48.8 Å². The fraction of sp³-hybridized carbons (Fsp3) is 0.393. The van der Waals surface area contributed by atoms with Gasteiger partial charge in [-0.1, -0.05) is 19.9 Å². The van der Waals surface area contributed by atoms with Crippen molar-refractivity contribution in [3.05, 3.63) is 65.9 Å². The van der Waals surface area contributed by atoms with Gasteiger partial charge in [-0.05, 0) is 49.4 Å². The summed E-state index contributed by atoms with van der Waals surface area (Å²) >= 11 is 0. The molecule has 3 aromatic rings. The van der Waals surface area contributed by atoms with E-state index in [-0.39, 0.29) is 30.9 Å². The SMILES string of the molecule is Cc1ncc(-c2ccc(OCCOc3cccc(F)c3)cn2)c(N2CCC(C)(C)CC2)c1CC(=O)O. The van der Waals surface area contributed by atoms with E-state index < -0.39 is 5.97 Å². The normalized spacial score (nSPS) is 14.9. The second-order valence-electron chi connectivity index (χ2n) is 9.84. The predicted molar refractivity (Wildman–Crippen MR) is 136 cm³/mol. The fourth-order valence-electron chi connectivity index (χ4n) is 4.38. The van der Waals surface area contributed by atoms with E-state index in [1.54, 1.807) is 24.5 Å². The molecule has 1 aliphatic rings. The molecular weight excluding hydrogens is 461 g/mol. The Labute approximate surface area is 210 Å². The lowest BCUT2D eigenvalue weighted by Crippen LogP contribution is -2.38. The molecule has 2 aromatic heterocycles.